The molecule has 0 aromatic heterocycles. The summed E-state index contributed by atoms with van der Waals surface area (Å²) in [5.74, 6) is -1.22. The minimum Gasteiger partial charge on any atom is -0.312 e. The number of hydrogen-bond acceptors (Lipinski definition) is 4. The molecule has 1 fully saturated rings. The number of rotatable bonds is 3. The lowest BCUT2D eigenvalue weighted by molar-refractivity contribution is 0.591. The molecule has 1 aliphatic carbocycles. The monoisotopic (exact) mass is 316 g/mol. The van der Waals surface area contributed by atoms with Crippen molar-refractivity contribution in [3.05, 3.63) is 66.0 Å². The molecule has 6 heteroatoms. The zero-order valence-electron chi connectivity index (χ0n) is 11.5. The number of sulfone groups is 1. The van der Waals surface area contributed by atoms with Crippen LogP contribution in [0.25, 0.3) is 0 Å². The summed E-state index contributed by atoms with van der Waals surface area (Å²) in [5.41, 5.74) is 4.86. The van der Waals surface area contributed by atoms with Crippen LogP contribution in [0.4, 0.5) is 4.39 Å². The second-order valence-corrected chi connectivity index (χ2v) is 7.43. The summed E-state index contributed by atoms with van der Waals surface area (Å²) in [5, 5.41) is 8.24. The Morgan fingerprint density at radius 3 is 2.41 bits per heavy atom. The van der Waals surface area contributed by atoms with E-state index in [2.05, 4.69) is 0 Å². The van der Waals surface area contributed by atoms with E-state index in [9.17, 15) is 18.1 Å². The van der Waals surface area contributed by atoms with Crippen LogP contribution in [0.5, 0.6) is 0 Å². The Labute approximate surface area is 127 Å². The molecule has 0 saturated heterocycles. The molecule has 0 spiro atoms. The summed E-state index contributed by atoms with van der Waals surface area (Å²) in [6.07, 6.45) is 0. The number of nitriles is 1. The standard InChI is InChI=1S/C16H13FN2O2S/c17-12-6-4-5-11(9-12)14-15(16(14,19)10-18)22(20,21)13-7-2-1-3-8-13/h1-9,14-15H,19H2/t14-,15+,16-/m1/s1. The van der Waals surface area contributed by atoms with Crippen molar-refractivity contribution >= 4 is 9.84 Å². The molecule has 2 N–H and O–H groups in total. The molecule has 2 aromatic carbocycles. The second-order valence-electron chi connectivity index (χ2n) is 5.36. The van der Waals surface area contributed by atoms with Crippen LogP contribution >= 0.6 is 0 Å². The van der Waals surface area contributed by atoms with Crippen molar-refractivity contribution in [2.75, 3.05) is 0 Å². The summed E-state index contributed by atoms with van der Waals surface area (Å²) in [7, 11) is -3.77. The number of halogens is 1. The predicted octanol–water partition coefficient (Wildman–Crippen LogP) is 1.99. The first-order chi connectivity index (χ1) is 10.4. The Bertz CT molecular complexity index is 861. The van der Waals surface area contributed by atoms with Gasteiger partial charge in [-0.15, -0.1) is 0 Å². The normalized spacial score (nSPS) is 27.1. The first-order valence-electron chi connectivity index (χ1n) is 6.66. The molecule has 22 heavy (non-hydrogen) atoms. The third-order valence-electron chi connectivity index (χ3n) is 3.99. The van der Waals surface area contributed by atoms with Gasteiger partial charge in [-0.1, -0.05) is 30.3 Å². The lowest BCUT2D eigenvalue weighted by Gasteiger charge is -2.04. The molecule has 0 heterocycles. The van der Waals surface area contributed by atoms with Gasteiger partial charge in [0.2, 0.25) is 0 Å². The van der Waals surface area contributed by atoms with Gasteiger partial charge in [-0.2, -0.15) is 5.26 Å². The van der Waals surface area contributed by atoms with Crippen LogP contribution in [-0.4, -0.2) is 19.2 Å². The molecule has 0 radical (unpaired) electrons. The molecule has 0 aliphatic heterocycles. The molecule has 1 aliphatic rings. The van der Waals surface area contributed by atoms with Crippen LogP contribution < -0.4 is 5.73 Å². The van der Waals surface area contributed by atoms with E-state index in [1.54, 1.807) is 24.3 Å². The van der Waals surface area contributed by atoms with Gasteiger partial charge >= 0.3 is 0 Å². The molecular weight excluding hydrogens is 303 g/mol. The van der Waals surface area contributed by atoms with Gasteiger partial charge in [0.1, 0.15) is 16.6 Å². The van der Waals surface area contributed by atoms with Gasteiger partial charge in [0.05, 0.1) is 11.0 Å². The summed E-state index contributed by atoms with van der Waals surface area (Å²) in [4.78, 5) is 0.115. The number of benzene rings is 2. The van der Waals surface area contributed by atoms with E-state index in [1.165, 1.54) is 30.3 Å². The largest absolute Gasteiger partial charge is 0.312 e. The minimum absolute atomic E-state index is 0.115. The average Bonchev–Trinajstić information content (AvgIpc) is 3.16. The minimum atomic E-state index is -3.77. The number of hydrogen-bond donors (Lipinski definition) is 1. The highest BCUT2D eigenvalue weighted by Crippen LogP contribution is 2.55. The molecular formula is C16H13FN2O2S. The van der Waals surface area contributed by atoms with Crippen molar-refractivity contribution in [3.63, 3.8) is 0 Å². The van der Waals surface area contributed by atoms with Gasteiger partial charge in [-0.3, -0.25) is 0 Å². The fraction of sp³-hybridized carbons (Fsp3) is 0.188. The Morgan fingerprint density at radius 1 is 1.14 bits per heavy atom. The summed E-state index contributed by atoms with van der Waals surface area (Å²) < 4.78 is 38.8. The van der Waals surface area contributed by atoms with Crippen molar-refractivity contribution in [2.45, 2.75) is 21.6 Å². The summed E-state index contributed by atoms with van der Waals surface area (Å²) in [6, 6.07) is 15.3. The highest BCUT2D eigenvalue weighted by molar-refractivity contribution is 7.92. The van der Waals surface area contributed by atoms with Crippen LogP contribution in [0.1, 0.15) is 11.5 Å². The summed E-state index contributed by atoms with van der Waals surface area (Å²) in [6.45, 7) is 0. The molecule has 2 aromatic rings. The summed E-state index contributed by atoms with van der Waals surface area (Å²) >= 11 is 0. The predicted molar refractivity (Wildman–Crippen MR) is 79.1 cm³/mol. The first kappa shape index (κ1) is 14.7. The van der Waals surface area contributed by atoms with Gasteiger partial charge in [-0.25, -0.2) is 12.8 Å². The van der Waals surface area contributed by atoms with E-state index >= 15 is 0 Å². The molecule has 112 valence electrons. The molecule has 0 amide bonds. The van der Waals surface area contributed by atoms with E-state index in [1.807, 2.05) is 6.07 Å². The molecule has 0 bridgehead atoms. The zero-order valence-corrected chi connectivity index (χ0v) is 12.3. The van der Waals surface area contributed by atoms with Crippen molar-refractivity contribution in [1.29, 1.82) is 5.26 Å². The zero-order chi connectivity index (χ0) is 16.0. The third kappa shape index (κ3) is 2.10. The number of nitrogens with zero attached hydrogens (tertiary/aromatic N) is 1. The highest BCUT2D eigenvalue weighted by Gasteiger charge is 2.70. The van der Waals surface area contributed by atoms with Gasteiger partial charge < -0.3 is 5.73 Å². The molecule has 0 unspecified atom stereocenters. The fourth-order valence-electron chi connectivity index (χ4n) is 2.85. The molecule has 1 saturated carbocycles. The van der Waals surface area contributed by atoms with E-state index < -0.39 is 32.4 Å². The van der Waals surface area contributed by atoms with Gasteiger partial charge in [-0.05, 0) is 29.8 Å². The quantitative estimate of drug-likeness (QED) is 0.938. The van der Waals surface area contributed by atoms with Gasteiger partial charge in [0, 0.05) is 5.92 Å². The lowest BCUT2D eigenvalue weighted by atomic mass is 10.1. The molecule has 3 atom stereocenters. The first-order valence-corrected chi connectivity index (χ1v) is 8.20. The fourth-order valence-corrected chi connectivity index (χ4v) is 5.06. The topological polar surface area (TPSA) is 83.9 Å². The van der Waals surface area contributed by atoms with Crippen LogP contribution in [0.2, 0.25) is 0 Å². The Kier molecular flexibility index (Phi) is 3.28. The maximum Gasteiger partial charge on any atom is 0.184 e. The van der Waals surface area contributed by atoms with Crippen molar-refractivity contribution in [2.24, 2.45) is 5.73 Å². The van der Waals surface area contributed by atoms with E-state index in [4.69, 9.17) is 5.73 Å². The maximum atomic E-state index is 13.4. The second kappa shape index (κ2) is 4.90. The van der Waals surface area contributed by atoms with E-state index in [-0.39, 0.29) is 4.90 Å². The Morgan fingerprint density at radius 2 is 1.82 bits per heavy atom. The van der Waals surface area contributed by atoms with Crippen LogP contribution in [0.3, 0.4) is 0 Å². The highest BCUT2D eigenvalue weighted by atomic mass is 32.2. The van der Waals surface area contributed by atoms with Gasteiger partial charge in [0.25, 0.3) is 0 Å². The smallest absolute Gasteiger partial charge is 0.184 e. The van der Waals surface area contributed by atoms with Gasteiger partial charge in [0.15, 0.2) is 9.84 Å². The van der Waals surface area contributed by atoms with Crippen LogP contribution in [0.15, 0.2) is 59.5 Å². The number of nitrogens with two attached hydrogens (primary N) is 1. The van der Waals surface area contributed by atoms with Crippen molar-refractivity contribution in [3.8, 4) is 6.07 Å². The molecule has 3 rings (SSSR count). The Hall–Kier alpha value is -2.23. The lowest BCUT2D eigenvalue weighted by Crippen LogP contribution is -2.29. The van der Waals surface area contributed by atoms with Crippen LogP contribution in [0, 0.1) is 17.1 Å². The average molecular weight is 316 g/mol. The van der Waals surface area contributed by atoms with E-state index in [0.717, 1.165) is 0 Å². The Balaban J connectivity index is 2.06. The van der Waals surface area contributed by atoms with Crippen molar-refractivity contribution in [1.82, 2.24) is 0 Å². The van der Waals surface area contributed by atoms with Crippen LogP contribution in [-0.2, 0) is 9.84 Å². The van der Waals surface area contributed by atoms with Crippen molar-refractivity contribution < 1.29 is 12.8 Å². The van der Waals surface area contributed by atoms with E-state index in [0.29, 0.717) is 5.56 Å². The molecule has 4 nitrogen and oxygen atoms in total. The third-order valence-corrected chi connectivity index (χ3v) is 6.25. The SMILES string of the molecule is N#C[C@@]1(N)[C@H](c2cccc(F)c2)[C@@H]1S(=O)(=O)c1ccccc1. The maximum absolute atomic E-state index is 13.4.